The summed E-state index contributed by atoms with van der Waals surface area (Å²) in [5.74, 6) is 0.751. The standard InChI is InChI=1S/C17H19BrN2/c1-11-3-5-13(6-4-11)17(14-7-8-14)20-15-9-10-16(18)19-12(15)2/h3-6,9-10,14,17,20H,7-8H2,1-2H3. The third-order valence-corrected chi connectivity index (χ3v) is 4.33. The molecule has 1 unspecified atom stereocenters. The van der Waals surface area contributed by atoms with Crippen molar-refractivity contribution in [3.8, 4) is 0 Å². The minimum absolute atomic E-state index is 0.400. The third-order valence-electron chi connectivity index (χ3n) is 3.89. The van der Waals surface area contributed by atoms with Crippen LogP contribution in [0.5, 0.6) is 0 Å². The fraction of sp³-hybridized carbons (Fsp3) is 0.353. The molecule has 1 heterocycles. The average Bonchev–Trinajstić information content (AvgIpc) is 3.24. The molecule has 1 aliphatic rings. The summed E-state index contributed by atoms with van der Waals surface area (Å²) >= 11 is 3.42. The smallest absolute Gasteiger partial charge is 0.106 e. The monoisotopic (exact) mass is 330 g/mol. The molecule has 1 aromatic carbocycles. The van der Waals surface area contributed by atoms with Crippen molar-refractivity contribution >= 4 is 21.6 Å². The van der Waals surface area contributed by atoms with Crippen LogP contribution in [0.25, 0.3) is 0 Å². The number of hydrogen-bond donors (Lipinski definition) is 1. The number of aromatic nitrogens is 1. The quantitative estimate of drug-likeness (QED) is 0.796. The van der Waals surface area contributed by atoms with Crippen LogP contribution in [0.3, 0.4) is 0 Å². The van der Waals surface area contributed by atoms with E-state index in [1.54, 1.807) is 0 Å². The summed E-state index contributed by atoms with van der Waals surface area (Å²) in [6.07, 6.45) is 2.63. The summed E-state index contributed by atoms with van der Waals surface area (Å²) in [4.78, 5) is 4.47. The van der Waals surface area contributed by atoms with Crippen molar-refractivity contribution < 1.29 is 0 Å². The molecule has 0 aliphatic heterocycles. The van der Waals surface area contributed by atoms with Gasteiger partial charge in [-0.15, -0.1) is 0 Å². The largest absolute Gasteiger partial charge is 0.376 e. The van der Waals surface area contributed by atoms with Gasteiger partial charge in [-0.1, -0.05) is 29.8 Å². The molecular formula is C17H19BrN2. The molecule has 0 bridgehead atoms. The van der Waals surface area contributed by atoms with Crippen LogP contribution in [-0.2, 0) is 0 Å². The molecule has 2 nitrogen and oxygen atoms in total. The second-order valence-electron chi connectivity index (χ2n) is 5.64. The molecule has 1 aromatic heterocycles. The molecule has 104 valence electrons. The number of rotatable bonds is 4. The van der Waals surface area contributed by atoms with Crippen LogP contribution < -0.4 is 5.32 Å². The number of nitrogens with one attached hydrogen (secondary N) is 1. The Bertz CT molecular complexity index is 603. The SMILES string of the molecule is Cc1ccc(C(Nc2ccc(Br)nc2C)C2CC2)cc1. The van der Waals surface area contributed by atoms with Gasteiger partial charge in [-0.2, -0.15) is 0 Å². The van der Waals surface area contributed by atoms with Crippen LogP contribution in [0.2, 0.25) is 0 Å². The highest BCUT2D eigenvalue weighted by atomic mass is 79.9. The lowest BCUT2D eigenvalue weighted by molar-refractivity contribution is 0.677. The molecule has 0 saturated heterocycles. The van der Waals surface area contributed by atoms with Gasteiger partial charge in [0, 0.05) is 0 Å². The highest BCUT2D eigenvalue weighted by Gasteiger charge is 2.32. The van der Waals surface area contributed by atoms with Crippen LogP contribution in [0.4, 0.5) is 5.69 Å². The van der Waals surface area contributed by atoms with E-state index in [0.717, 1.165) is 21.9 Å². The summed E-state index contributed by atoms with van der Waals surface area (Å²) in [5, 5.41) is 3.69. The Hall–Kier alpha value is -1.35. The molecule has 20 heavy (non-hydrogen) atoms. The van der Waals surface area contributed by atoms with Crippen molar-refractivity contribution in [2.75, 3.05) is 5.32 Å². The van der Waals surface area contributed by atoms with Gasteiger partial charge >= 0.3 is 0 Å². The number of hydrogen-bond acceptors (Lipinski definition) is 2. The van der Waals surface area contributed by atoms with Crippen molar-refractivity contribution in [1.82, 2.24) is 4.98 Å². The summed E-state index contributed by atoms with van der Waals surface area (Å²) in [6, 6.07) is 13.4. The van der Waals surface area contributed by atoms with Gasteiger partial charge in [0.1, 0.15) is 4.60 Å². The lowest BCUT2D eigenvalue weighted by atomic mass is 10.0. The Morgan fingerprint density at radius 3 is 2.40 bits per heavy atom. The van der Waals surface area contributed by atoms with Crippen molar-refractivity contribution in [2.45, 2.75) is 32.7 Å². The van der Waals surface area contributed by atoms with E-state index in [-0.39, 0.29) is 0 Å². The zero-order valence-corrected chi connectivity index (χ0v) is 13.4. The third kappa shape index (κ3) is 3.04. The molecule has 3 heteroatoms. The molecule has 1 aliphatic carbocycles. The van der Waals surface area contributed by atoms with Gasteiger partial charge in [0.25, 0.3) is 0 Å². The summed E-state index contributed by atoms with van der Waals surface area (Å²) in [5.41, 5.74) is 4.85. The lowest BCUT2D eigenvalue weighted by Crippen LogP contribution is -2.14. The molecule has 1 atom stereocenters. The van der Waals surface area contributed by atoms with E-state index in [1.165, 1.54) is 24.0 Å². The van der Waals surface area contributed by atoms with Crippen LogP contribution in [0, 0.1) is 19.8 Å². The maximum atomic E-state index is 4.47. The number of benzene rings is 1. The first-order valence-electron chi connectivity index (χ1n) is 7.10. The van der Waals surface area contributed by atoms with Crippen LogP contribution in [-0.4, -0.2) is 4.98 Å². The second-order valence-corrected chi connectivity index (χ2v) is 6.45. The van der Waals surface area contributed by atoms with E-state index in [9.17, 15) is 0 Å². The molecule has 0 radical (unpaired) electrons. The number of nitrogens with zero attached hydrogens (tertiary/aromatic N) is 1. The second kappa shape index (κ2) is 5.57. The maximum Gasteiger partial charge on any atom is 0.106 e. The lowest BCUT2D eigenvalue weighted by Gasteiger charge is -2.21. The highest BCUT2D eigenvalue weighted by molar-refractivity contribution is 9.10. The fourth-order valence-corrected chi connectivity index (χ4v) is 2.93. The predicted molar refractivity (Wildman–Crippen MR) is 86.9 cm³/mol. The van der Waals surface area contributed by atoms with E-state index in [2.05, 4.69) is 63.5 Å². The van der Waals surface area contributed by atoms with Crippen molar-refractivity contribution in [3.05, 3.63) is 57.8 Å². The number of aryl methyl sites for hydroxylation is 2. The van der Waals surface area contributed by atoms with Crippen molar-refractivity contribution in [1.29, 1.82) is 0 Å². The minimum Gasteiger partial charge on any atom is -0.376 e. The van der Waals surface area contributed by atoms with Gasteiger partial charge in [0.2, 0.25) is 0 Å². The first-order chi connectivity index (χ1) is 9.63. The van der Waals surface area contributed by atoms with Gasteiger partial charge in [-0.05, 0) is 66.2 Å². The van der Waals surface area contributed by atoms with Gasteiger partial charge in [0.15, 0.2) is 0 Å². The Morgan fingerprint density at radius 2 is 1.80 bits per heavy atom. The molecule has 1 saturated carbocycles. The molecule has 3 rings (SSSR count). The first-order valence-corrected chi connectivity index (χ1v) is 7.89. The number of pyridine rings is 1. The topological polar surface area (TPSA) is 24.9 Å². The fourth-order valence-electron chi connectivity index (χ4n) is 2.53. The Balaban J connectivity index is 1.86. The van der Waals surface area contributed by atoms with Gasteiger partial charge in [0.05, 0.1) is 17.4 Å². The van der Waals surface area contributed by atoms with Gasteiger partial charge < -0.3 is 5.32 Å². The molecule has 2 aromatic rings. The van der Waals surface area contributed by atoms with Gasteiger partial charge in [-0.25, -0.2) is 4.98 Å². The number of halogens is 1. The van der Waals surface area contributed by atoms with E-state index in [0.29, 0.717) is 6.04 Å². The van der Waals surface area contributed by atoms with E-state index < -0.39 is 0 Å². The molecular weight excluding hydrogens is 312 g/mol. The average molecular weight is 331 g/mol. The minimum atomic E-state index is 0.400. The van der Waals surface area contributed by atoms with E-state index in [1.807, 2.05) is 13.0 Å². The maximum absolute atomic E-state index is 4.47. The van der Waals surface area contributed by atoms with Gasteiger partial charge in [-0.3, -0.25) is 0 Å². The number of anilines is 1. The Morgan fingerprint density at radius 1 is 1.10 bits per heavy atom. The Kier molecular flexibility index (Phi) is 3.79. The van der Waals surface area contributed by atoms with Crippen molar-refractivity contribution in [3.63, 3.8) is 0 Å². The van der Waals surface area contributed by atoms with Crippen LogP contribution >= 0.6 is 15.9 Å². The van der Waals surface area contributed by atoms with Crippen LogP contribution in [0.15, 0.2) is 41.0 Å². The predicted octanol–water partition coefficient (Wildman–Crippen LogP) is 5.02. The normalized spacial score (nSPS) is 15.9. The summed E-state index contributed by atoms with van der Waals surface area (Å²) < 4.78 is 0.888. The highest BCUT2D eigenvalue weighted by Crippen LogP contribution is 2.43. The molecule has 0 spiro atoms. The van der Waals surface area contributed by atoms with Crippen LogP contribution in [0.1, 0.15) is 35.7 Å². The Labute approximate surface area is 128 Å². The van der Waals surface area contributed by atoms with Crippen molar-refractivity contribution in [2.24, 2.45) is 5.92 Å². The molecule has 1 N–H and O–H groups in total. The zero-order valence-electron chi connectivity index (χ0n) is 11.9. The first kappa shape index (κ1) is 13.6. The zero-order chi connectivity index (χ0) is 14.1. The molecule has 0 amide bonds. The van der Waals surface area contributed by atoms with E-state index in [4.69, 9.17) is 0 Å². The summed E-state index contributed by atoms with van der Waals surface area (Å²) in [6.45, 7) is 4.18. The van der Waals surface area contributed by atoms with E-state index >= 15 is 0 Å². The molecule has 1 fully saturated rings. The summed E-state index contributed by atoms with van der Waals surface area (Å²) in [7, 11) is 0.